The molecule has 0 bridgehead atoms. The lowest BCUT2D eigenvalue weighted by Gasteiger charge is -2.11. The average Bonchev–Trinajstić information content (AvgIpc) is 2.27. The first kappa shape index (κ1) is 11.9. The topological polar surface area (TPSA) is 26.0 Å². The molecular weight excluding hydrogens is 227 g/mol. The third-order valence-corrected chi connectivity index (χ3v) is 2.68. The summed E-state index contributed by atoms with van der Waals surface area (Å²) in [6.45, 7) is 0.491. The van der Waals surface area contributed by atoms with Crippen molar-refractivity contribution in [2.24, 2.45) is 5.73 Å². The molecule has 1 nitrogen and oxygen atoms in total. The second kappa shape index (κ2) is 4.37. The predicted octanol–water partition coefficient (Wildman–Crippen LogP) is 3.36. The molecule has 2 rings (SSSR count). The lowest BCUT2D eigenvalue weighted by Crippen LogP contribution is -2.06. The van der Waals surface area contributed by atoms with Crippen LogP contribution in [0.3, 0.4) is 0 Å². The van der Waals surface area contributed by atoms with E-state index in [0.717, 1.165) is 11.6 Å². The molecule has 2 aromatic carbocycles. The fourth-order valence-electron chi connectivity index (χ4n) is 1.90. The van der Waals surface area contributed by atoms with Crippen molar-refractivity contribution >= 4 is 10.8 Å². The van der Waals surface area contributed by atoms with E-state index in [1.165, 1.54) is 12.1 Å². The van der Waals surface area contributed by atoms with Gasteiger partial charge in [-0.3, -0.25) is 0 Å². The second-order valence-corrected chi connectivity index (χ2v) is 3.90. The fraction of sp³-hybridized carbons (Fsp3) is 0.231. The van der Waals surface area contributed by atoms with Crippen LogP contribution in [0.1, 0.15) is 11.1 Å². The molecule has 0 saturated carbocycles. The average molecular weight is 239 g/mol. The molecule has 2 N–H and O–H groups in total. The Bertz CT molecular complexity index is 532. The Kier molecular flexibility index (Phi) is 3.07. The summed E-state index contributed by atoms with van der Waals surface area (Å²) in [5, 5.41) is 0.839. The summed E-state index contributed by atoms with van der Waals surface area (Å²) in [5.41, 5.74) is 5.79. The minimum atomic E-state index is -4.31. The first-order valence-electron chi connectivity index (χ1n) is 5.31. The highest BCUT2D eigenvalue weighted by Crippen LogP contribution is 2.34. The van der Waals surface area contributed by atoms with Crippen LogP contribution in [0.15, 0.2) is 36.4 Å². The maximum absolute atomic E-state index is 12.7. The first-order chi connectivity index (χ1) is 8.02. The molecular formula is C13H12F3N. The molecule has 0 unspecified atom stereocenters. The number of benzene rings is 2. The van der Waals surface area contributed by atoms with Crippen molar-refractivity contribution < 1.29 is 13.2 Å². The van der Waals surface area contributed by atoms with Crippen molar-refractivity contribution in [3.05, 3.63) is 47.5 Å². The van der Waals surface area contributed by atoms with Crippen LogP contribution in [-0.4, -0.2) is 6.54 Å². The molecule has 0 spiro atoms. The Morgan fingerprint density at radius 3 is 2.47 bits per heavy atom. The van der Waals surface area contributed by atoms with Gasteiger partial charge in [0.25, 0.3) is 0 Å². The van der Waals surface area contributed by atoms with Gasteiger partial charge in [0.2, 0.25) is 0 Å². The van der Waals surface area contributed by atoms with E-state index in [2.05, 4.69) is 0 Å². The number of hydrogen-bond acceptors (Lipinski definition) is 1. The van der Waals surface area contributed by atoms with E-state index in [1.807, 2.05) is 0 Å². The number of halogens is 3. The van der Waals surface area contributed by atoms with Crippen LogP contribution in [0.25, 0.3) is 10.8 Å². The van der Waals surface area contributed by atoms with E-state index in [4.69, 9.17) is 5.73 Å². The lowest BCUT2D eigenvalue weighted by atomic mass is 10.0. The molecule has 4 heteroatoms. The highest BCUT2D eigenvalue weighted by atomic mass is 19.4. The Balaban J connectivity index is 2.59. The van der Waals surface area contributed by atoms with E-state index in [1.54, 1.807) is 18.2 Å². The number of hydrogen-bond donors (Lipinski definition) is 1. The van der Waals surface area contributed by atoms with Crippen molar-refractivity contribution in [1.29, 1.82) is 0 Å². The summed E-state index contributed by atoms with van der Waals surface area (Å²) in [4.78, 5) is 0. The summed E-state index contributed by atoms with van der Waals surface area (Å²) in [6, 6.07) is 9.19. The smallest absolute Gasteiger partial charge is 0.330 e. The number of nitrogens with two attached hydrogens (primary N) is 1. The normalized spacial score (nSPS) is 12.0. The van der Waals surface area contributed by atoms with Crippen molar-refractivity contribution in [3.63, 3.8) is 0 Å². The van der Waals surface area contributed by atoms with Gasteiger partial charge in [0.15, 0.2) is 0 Å². The molecule has 90 valence electrons. The van der Waals surface area contributed by atoms with Crippen LogP contribution in [0.5, 0.6) is 0 Å². The van der Waals surface area contributed by atoms with Crippen molar-refractivity contribution in [2.75, 3.05) is 6.54 Å². The zero-order valence-electron chi connectivity index (χ0n) is 9.09. The minimum absolute atomic E-state index is 0.237. The van der Waals surface area contributed by atoms with Gasteiger partial charge in [-0.2, -0.15) is 13.2 Å². The summed E-state index contributed by atoms with van der Waals surface area (Å²) < 4.78 is 38.2. The van der Waals surface area contributed by atoms with Crippen molar-refractivity contribution in [3.8, 4) is 0 Å². The van der Waals surface area contributed by atoms with E-state index in [0.29, 0.717) is 18.4 Å². The van der Waals surface area contributed by atoms with Crippen molar-refractivity contribution in [2.45, 2.75) is 12.6 Å². The molecule has 0 aliphatic heterocycles. The second-order valence-electron chi connectivity index (χ2n) is 3.90. The fourth-order valence-corrected chi connectivity index (χ4v) is 1.90. The maximum atomic E-state index is 12.7. The standard InChI is InChI=1S/C13H12F3N/c14-13(15,16)12-3-1-2-10-8-9(6-7-17)4-5-11(10)12/h1-5,8H,6-7,17H2. The SMILES string of the molecule is NCCc1ccc2c(C(F)(F)F)cccc2c1. The molecule has 0 heterocycles. The third-order valence-electron chi connectivity index (χ3n) is 2.68. The van der Waals surface area contributed by atoms with E-state index >= 15 is 0 Å². The zero-order chi connectivity index (χ0) is 12.5. The molecule has 0 fully saturated rings. The number of alkyl halides is 3. The lowest BCUT2D eigenvalue weighted by molar-refractivity contribution is -0.136. The van der Waals surface area contributed by atoms with Gasteiger partial charge in [0.05, 0.1) is 5.56 Å². The molecule has 17 heavy (non-hydrogen) atoms. The number of rotatable bonds is 2. The number of fused-ring (bicyclic) bond motifs is 1. The Morgan fingerprint density at radius 1 is 1.06 bits per heavy atom. The van der Waals surface area contributed by atoms with E-state index < -0.39 is 11.7 Å². The summed E-state index contributed by atoms with van der Waals surface area (Å²) in [7, 11) is 0. The summed E-state index contributed by atoms with van der Waals surface area (Å²) in [6.07, 6.45) is -3.64. The van der Waals surface area contributed by atoms with Gasteiger partial charge in [0, 0.05) is 0 Å². The molecule has 0 aliphatic carbocycles. The van der Waals surface area contributed by atoms with Gasteiger partial charge >= 0.3 is 6.18 Å². The molecule has 2 aromatic rings. The van der Waals surface area contributed by atoms with Crippen LogP contribution < -0.4 is 5.73 Å². The van der Waals surface area contributed by atoms with Crippen molar-refractivity contribution in [1.82, 2.24) is 0 Å². The molecule has 0 amide bonds. The van der Waals surface area contributed by atoms with Gasteiger partial charge in [-0.05, 0) is 35.4 Å². The van der Waals surface area contributed by atoms with Gasteiger partial charge in [-0.25, -0.2) is 0 Å². The third kappa shape index (κ3) is 2.42. The first-order valence-corrected chi connectivity index (χ1v) is 5.31. The van der Waals surface area contributed by atoms with Crippen LogP contribution >= 0.6 is 0 Å². The van der Waals surface area contributed by atoms with Crippen LogP contribution in [-0.2, 0) is 12.6 Å². The Labute approximate surface area is 97.0 Å². The van der Waals surface area contributed by atoms with E-state index in [9.17, 15) is 13.2 Å². The van der Waals surface area contributed by atoms with Crippen LogP contribution in [0, 0.1) is 0 Å². The van der Waals surface area contributed by atoms with Crippen LogP contribution in [0.2, 0.25) is 0 Å². The highest BCUT2D eigenvalue weighted by molar-refractivity contribution is 5.86. The molecule has 0 radical (unpaired) electrons. The van der Waals surface area contributed by atoms with Crippen LogP contribution in [0.4, 0.5) is 13.2 Å². The molecule has 0 saturated heterocycles. The van der Waals surface area contributed by atoms with E-state index in [-0.39, 0.29) is 5.39 Å². The minimum Gasteiger partial charge on any atom is -0.330 e. The zero-order valence-corrected chi connectivity index (χ0v) is 9.09. The summed E-state index contributed by atoms with van der Waals surface area (Å²) >= 11 is 0. The summed E-state index contributed by atoms with van der Waals surface area (Å²) in [5.74, 6) is 0. The van der Waals surface area contributed by atoms with Gasteiger partial charge < -0.3 is 5.73 Å². The predicted molar refractivity (Wildman–Crippen MR) is 61.7 cm³/mol. The molecule has 0 atom stereocenters. The Hall–Kier alpha value is -1.55. The molecule has 0 aromatic heterocycles. The largest absolute Gasteiger partial charge is 0.417 e. The van der Waals surface area contributed by atoms with Gasteiger partial charge in [0.1, 0.15) is 0 Å². The monoisotopic (exact) mass is 239 g/mol. The van der Waals surface area contributed by atoms with Gasteiger partial charge in [-0.15, -0.1) is 0 Å². The quantitative estimate of drug-likeness (QED) is 0.854. The molecule has 0 aliphatic rings. The highest BCUT2D eigenvalue weighted by Gasteiger charge is 2.32. The van der Waals surface area contributed by atoms with Gasteiger partial charge in [-0.1, -0.05) is 30.3 Å². The maximum Gasteiger partial charge on any atom is 0.417 e. The Morgan fingerprint density at radius 2 is 1.82 bits per heavy atom.